The molecule has 6 nitrogen and oxygen atoms in total. The summed E-state index contributed by atoms with van der Waals surface area (Å²) in [7, 11) is 0. The highest BCUT2D eigenvalue weighted by atomic mass is 35.5. The van der Waals surface area contributed by atoms with Crippen LogP contribution in [0.15, 0.2) is 30.6 Å². The van der Waals surface area contributed by atoms with Gasteiger partial charge in [0.05, 0.1) is 5.69 Å². The van der Waals surface area contributed by atoms with Crippen LogP contribution in [0.5, 0.6) is 0 Å². The Balaban J connectivity index is 1.59. The number of aromatic nitrogens is 2. The predicted octanol–water partition coefficient (Wildman–Crippen LogP) is 4.05. The first-order valence-corrected chi connectivity index (χ1v) is 9.89. The monoisotopic (exact) mass is 387 g/mol. The van der Waals surface area contributed by atoms with E-state index in [9.17, 15) is 4.79 Å². The minimum Gasteiger partial charge on any atom is -0.341 e. The van der Waals surface area contributed by atoms with Gasteiger partial charge >= 0.3 is 6.03 Å². The highest BCUT2D eigenvalue weighted by molar-refractivity contribution is 6.31. The van der Waals surface area contributed by atoms with Crippen LogP contribution in [0.2, 0.25) is 5.02 Å². The zero-order valence-electron chi connectivity index (χ0n) is 15.8. The Morgan fingerprint density at radius 1 is 1.19 bits per heavy atom. The number of carbonyl (C=O) groups excluding carboxylic acids is 1. The Morgan fingerprint density at radius 3 is 2.52 bits per heavy atom. The number of halogens is 1. The van der Waals surface area contributed by atoms with E-state index in [1.54, 1.807) is 12.4 Å². The van der Waals surface area contributed by atoms with E-state index in [1.807, 2.05) is 25.1 Å². The van der Waals surface area contributed by atoms with Gasteiger partial charge in [0.25, 0.3) is 0 Å². The minimum absolute atomic E-state index is 0.138. The molecule has 1 fully saturated rings. The van der Waals surface area contributed by atoms with Gasteiger partial charge in [0.15, 0.2) is 0 Å². The van der Waals surface area contributed by atoms with Crippen LogP contribution < -0.4 is 15.5 Å². The van der Waals surface area contributed by atoms with Crippen molar-refractivity contribution in [3.63, 3.8) is 0 Å². The van der Waals surface area contributed by atoms with Gasteiger partial charge in [-0.05, 0) is 48.9 Å². The topological polar surface area (TPSA) is 70.2 Å². The van der Waals surface area contributed by atoms with Crippen LogP contribution in [0.1, 0.15) is 37.8 Å². The van der Waals surface area contributed by atoms with E-state index in [0.29, 0.717) is 5.02 Å². The fourth-order valence-corrected chi connectivity index (χ4v) is 3.77. The number of hydrogen-bond donors (Lipinski definition) is 2. The maximum atomic E-state index is 12.6. The number of amides is 2. The molecule has 2 aromatic rings. The summed E-state index contributed by atoms with van der Waals surface area (Å²) in [5.41, 5.74) is 2.93. The number of hydrogen-bond acceptors (Lipinski definition) is 4. The highest BCUT2D eigenvalue weighted by Gasteiger charge is 2.22. The molecule has 27 heavy (non-hydrogen) atoms. The Kier molecular flexibility index (Phi) is 6.50. The number of benzene rings is 1. The van der Waals surface area contributed by atoms with Gasteiger partial charge in [0.1, 0.15) is 0 Å². The van der Waals surface area contributed by atoms with Crippen LogP contribution in [0.4, 0.5) is 16.4 Å². The predicted molar refractivity (Wildman–Crippen MR) is 110 cm³/mol. The lowest BCUT2D eigenvalue weighted by molar-refractivity contribution is 0.246. The molecule has 0 spiro atoms. The van der Waals surface area contributed by atoms with Crippen molar-refractivity contribution in [2.24, 2.45) is 0 Å². The normalized spacial score (nSPS) is 14.9. The number of anilines is 2. The van der Waals surface area contributed by atoms with Gasteiger partial charge in [0.2, 0.25) is 5.95 Å². The molecule has 1 aliphatic heterocycles. The SMILES string of the molecule is CCc1ccc(Cl)c(CC)c1NC(=O)NC1CCN(c2ncccn2)CC1. The number of urea groups is 1. The molecule has 0 radical (unpaired) electrons. The molecule has 2 N–H and O–H groups in total. The highest BCUT2D eigenvalue weighted by Crippen LogP contribution is 2.29. The average Bonchev–Trinajstić information content (AvgIpc) is 2.69. The van der Waals surface area contributed by atoms with Crippen LogP contribution in [0.25, 0.3) is 0 Å². The third-order valence-electron chi connectivity index (χ3n) is 4.98. The van der Waals surface area contributed by atoms with Gasteiger partial charge in [-0.2, -0.15) is 0 Å². The van der Waals surface area contributed by atoms with Crippen LogP contribution in [0.3, 0.4) is 0 Å². The van der Waals surface area contributed by atoms with E-state index >= 15 is 0 Å². The second-order valence-corrected chi connectivity index (χ2v) is 7.08. The first-order chi connectivity index (χ1) is 13.1. The first kappa shape index (κ1) is 19.4. The smallest absolute Gasteiger partial charge is 0.319 e. The Morgan fingerprint density at radius 2 is 1.89 bits per heavy atom. The Bertz CT molecular complexity index is 775. The molecule has 0 bridgehead atoms. The molecule has 1 saturated heterocycles. The summed E-state index contributed by atoms with van der Waals surface area (Å²) in [6.45, 7) is 5.78. The van der Waals surface area contributed by atoms with Crippen molar-refractivity contribution >= 4 is 29.3 Å². The third-order valence-corrected chi connectivity index (χ3v) is 5.33. The molecular weight excluding hydrogens is 362 g/mol. The number of nitrogens with one attached hydrogen (secondary N) is 2. The summed E-state index contributed by atoms with van der Waals surface area (Å²) < 4.78 is 0. The van der Waals surface area contributed by atoms with Crippen molar-refractivity contribution in [2.45, 2.75) is 45.6 Å². The maximum Gasteiger partial charge on any atom is 0.319 e. The second-order valence-electron chi connectivity index (χ2n) is 6.68. The van der Waals surface area contributed by atoms with Crippen molar-refractivity contribution < 1.29 is 4.79 Å². The van der Waals surface area contributed by atoms with Crippen molar-refractivity contribution in [1.29, 1.82) is 0 Å². The standard InChI is InChI=1S/C20H26ClN5O/c1-3-14-6-7-17(21)16(4-2)18(14)25-20(27)24-15-8-12-26(13-9-15)19-22-10-5-11-23-19/h5-7,10-11,15H,3-4,8-9,12-13H2,1-2H3,(H2,24,25,27). The van der Waals surface area contributed by atoms with Gasteiger partial charge in [0, 0.05) is 36.5 Å². The lowest BCUT2D eigenvalue weighted by Gasteiger charge is -2.32. The molecule has 2 heterocycles. The molecule has 7 heteroatoms. The van der Waals surface area contributed by atoms with E-state index in [0.717, 1.165) is 61.5 Å². The van der Waals surface area contributed by atoms with Gasteiger partial charge in [-0.15, -0.1) is 0 Å². The average molecular weight is 388 g/mol. The van der Waals surface area contributed by atoms with Crippen LogP contribution in [0, 0.1) is 0 Å². The second kappa shape index (κ2) is 9.04. The fraction of sp³-hybridized carbons (Fsp3) is 0.450. The fourth-order valence-electron chi connectivity index (χ4n) is 3.48. The molecule has 144 valence electrons. The molecule has 0 saturated carbocycles. The van der Waals surface area contributed by atoms with Crippen LogP contribution in [-0.4, -0.2) is 35.1 Å². The quantitative estimate of drug-likeness (QED) is 0.812. The summed E-state index contributed by atoms with van der Waals surface area (Å²) >= 11 is 6.32. The molecule has 1 aromatic carbocycles. The van der Waals surface area contributed by atoms with Crippen molar-refractivity contribution in [3.05, 3.63) is 46.7 Å². The number of piperidine rings is 1. The van der Waals surface area contributed by atoms with Gasteiger partial charge < -0.3 is 15.5 Å². The summed E-state index contributed by atoms with van der Waals surface area (Å²) in [4.78, 5) is 23.3. The molecule has 0 atom stereocenters. The summed E-state index contributed by atoms with van der Waals surface area (Å²) in [6, 6.07) is 5.67. The number of rotatable bonds is 5. The molecule has 1 aromatic heterocycles. The van der Waals surface area contributed by atoms with Crippen molar-refractivity contribution in [3.8, 4) is 0 Å². The van der Waals surface area contributed by atoms with Gasteiger partial charge in [-0.25, -0.2) is 14.8 Å². The number of nitrogens with zero attached hydrogens (tertiary/aromatic N) is 3. The van der Waals surface area contributed by atoms with Crippen LogP contribution in [-0.2, 0) is 12.8 Å². The largest absolute Gasteiger partial charge is 0.341 e. The zero-order valence-corrected chi connectivity index (χ0v) is 16.6. The summed E-state index contributed by atoms with van der Waals surface area (Å²) in [6.07, 6.45) is 6.85. The van der Waals surface area contributed by atoms with E-state index in [1.165, 1.54) is 0 Å². The van der Waals surface area contributed by atoms with E-state index in [4.69, 9.17) is 11.6 Å². The zero-order chi connectivity index (χ0) is 19.2. The van der Waals surface area contributed by atoms with E-state index in [2.05, 4.69) is 32.4 Å². The van der Waals surface area contributed by atoms with Gasteiger partial charge in [-0.3, -0.25) is 0 Å². The van der Waals surface area contributed by atoms with Gasteiger partial charge in [-0.1, -0.05) is 31.5 Å². The lowest BCUT2D eigenvalue weighted by atomic mass is 10.0. The third kappa shape index (κ3) is 4.69. The van der Waals surface area contributed by atoms with Crippen molar-refractivity contribution in [1.82, 2.24) is 15.3 Å². The molecule has 1 aliphatic rings. The van der Waals surface area contributed by atoms with E-state index in [-0.39, 0.29) is 12.1 Å². The number of aryl methyl sites for hydroxylation is 1. The Hall–Kier alpha value is -2.34. The first-order valence-electron chi connectivity index (χ1n) is 9.52. The van der Waals surface area contributed by atoms with E-state index < -0.39 is 0 Å². The lowest BCUT2D eigenvalue weighted by Crippen LogP contribution is -2.46. The summed E-state index contributed by atoms with van der Waals surface area (Å²) in [5.74, 6) is 0.750. The minimum atomic E-state index is -0.170. The Labute approximate surface area is 165 Å². The van der Waals surface area contributed by atoms with Crippen molar-refractivity contribution in [2.75, 3.05) is 23.3 Å². The molecule has 0 aliphatic carbocycles. The molecule has 3 rings (SSSR count). The number of carbonyl (C=O) groups is 1. The van der Waals surface area contributed by atoms with Crippen LogP contribution >= 0.6 is 11.6 Å². The molecule has 2 amide bonds. The molecule has 0 unspecified atom stereocenters. The molecular formula is C20H26ClN5O. The maximum absolute atomic E-state index is 12.6. The summed E-state index contributed by atoms with van der Waals surface area (Å²) in [5, 5.41) is 6.84.